The van der Waals surface area contributed by atoms with Gasteiger partial charge in [-0.1, -0.05) is 0 Å². The first-order valence-electron chi connectivity index (χ1n) is 6.02. The number of aromatic carboxylic acids is 1. The molecule has 2 heterocycles. The van der Waals surface area contributed by atoms with Crippen molar-refractivity contribution in [3.05, 3.63) is 36.3 Å². The molecule has 1 fully saturated rings. The molecule has 0 aliphatic heterocycles. The number of carboxylic acid groups (broad SMARTS) is 1. The first kappa shape index (κ1) is 11.6. The molecule has 0 aromatic carbocycles. The predicted molar refractivity (Wildman–Crippen MR) is 68.9 cm³/mol. The second-order valence-electron chi connectivity index (χ2n) is 4.43. The molecule has 2 N–H and O–H groups in total. The predicted octanol–water partition coefficient (Wildman–Crippen LogP) is 1.81. The summed E-state index contributed by atoms with van der Waals surface area (Å²) in [6, 6.07) is 5.42. The van der Waals surface area contributed by atoms with Gasteiger partial charge in [0.1, 0.15) is 5.82 Å². The van der Waals surface area contributed by atoms with E-state index in [9.17, 15) is 4.79 Å². The van der Waals surface area contributed by atoms with Crippen LogP contribution in [0.5, 0.6) is 0 Å². The summed E-state index contributed by atoms with van der Waals surface area (Å²) in [6.07, 6.45) is 5.44. The summed E-state index contributed by atoms with van der Waals surface area (Å²) in [6.45, 7) is 0. The van der Waals surface area contributed by atoms with Gasteiger partial charge in [-0.15, -0.1) is 0 Å². The highest BCUT2D eigenvalue weighted by Gasteiger charge is 2.22. The van der Waals surface area contributed by atoms with Crippen LogP contribution in [0.4, 0.5) is 5.82 Å². The molecular weight excluding hydrogens is 244 g/mol. The molecule has 0 radical (unpaired) electrons. The molecule has 0 atom stereocenters. The third-order valence-electron chi connectivity index (χ3n) is 2.79. The van der Waals surface area contributed by atoms with Gasteiger partial charge < -0.3 is 10.4 Å². The molecule has 1 aliphatic rings. The summed E-state index contributed by atoms with van der Waals surface area (Å²) in [5.41, 5.74) is 0.682. The molecular formula is C13H12N4O2. The van der Waals surface area contributed by atoms with Crippen LogP contribution in [0.2, 0.25) is 0 Å². The fourth-order valence-electron chi connectivity index (χ4n) is 1.69. The quantitative estimate of drug-likeness (QED) is 0.867. The van der Waals surface area contributed by atoms with Crippen molar-refractivity contribution < 1.29 is 9.90 Å². The van der Waals surface area contributed by atoms with Gasteiger partial charge in [-0.3, -0.25) is 4.98 Å². The van der Waals surface area contributed by atoms with E-state index in [0.29, 0.717) is 23.2 Å². The zero-order valence-corrected chi connectivity index (χ0v) is 10.1. The second kappa shape index (κ2) is 4.64. The van der Waals surface area contributed by atoms with Crippen molar-refractivity contribution in [2.24, 2.45) is 0 Å². The highest BCUT2D eigenvalue weighted by atomic mass is 16.4. The highest BCUT2D eigenvalue weighted by Crippen LogP contribution is 2.25. The number of aromatic nitrogens is 3. The van der Waals surface area contributed by atoms with Gasteiger partial charge in [0.25, 0.3) is 0 Å². The number of rotatable bonds is 4. The standard InChI is InChI=1S/C13H12N4O2/c18-13(19)10-6-11(15-9-3-4-9)17-12(16-10)8-2-1-5-14-7-8/h1-2,5-7,9H,3-4H2,(H,18,19)(H,15,16,17). The fourth-order valence-corrected chi connectivity index (χ4v) is 1.69. The van der Waals surface area contributed by atoms with Crippen LogP contribution in [-0.4, -0.2) is 32.1 Å². The van der Waals surface area contributed by atoms with E-state index >= 15 is 0 Å². The van der Waals surface area contributed by atoms with Crippen LogP contribution in [0.1, 0.15) is 23.3 Å². The molecule has 3 rings (SSSR count). The van der Waals surface area contributed by atoms with Crippen molar-refractivity contribution >= 4 is 11.8 Å². The maximum Gasteiger partial charge on any atom is 0.354 e. The average Bonchev–Trinajstić information content (AvgIpc) is 3.23. The smallest absolute Gasteiger partial charge is 0.354 e. The summed E-state index contributed by atoms with van der Waals surface area (Å²) < 4.78 is 0. The number of hydrogen-bond acceptors (Lipinski definition) is 5. The maximum atomic E-state index is 11.1. The maximum absolute atomic E-state index is 11.1. The Balaban J connectivity index is 2.02. The van der Waals surface area contributed by atoms with E-state index in [1.54, 1.807) is 24.5 Å². The van der Waals surface area contributed by atoms with E-state index in [-0.39, 0.29) is 5.69 Å². The third kappa shape index (κ3) is 2.67. The van der Waals surface area contributed by atoms with Crippen LogP contribution in [0.25, 0.3) is 11.4 Å². The molecule has 1 saturated carbocycles. The van der Waals surface area contributed by atoms with Crippen LogP contribution in [-0.2, 0) is 0 Å². The summed E-state index contributed by atoms with van der Waals surface area (Å²) in [4.78, 5) is 23.5. The van der Waals surface area contributed by atoms with Crippen LogP contribution in [0, 0.1) is 0 Å². The van der Waals surface area contributed by atoms with Crippen molar-refractivity contribution in [3.8, 4) is 11.4 Å². The Kier molecular flexibility index (Phi) is 2.83. The molecule has 0 unspecified atom stereocenters. The van der Waals surface area contributed by atoms with Gasteiger partial charge >= 0.3 is 5.97 Å². The number of hydrogen-bond donors (Lipinski definition) is 2. The van der Waals surface area contributed by atoms with Gasteiger partial charge in [-0.25, -0.2) is 14.8 Å². The number of carbonyl (C=O) groups is 1. The minimum atomic E-state index is -1.06. The number of pyridine rings is 1. The molecule has 19 heavy (non-hydrogen) atoms. The minimum absolute atomic E-state index is 0.0167. The molecule has 1 aliphatic carbocycles. The number of carboxylic acids is 1. The van der Waals surface area contributed by atoms with Crippen molar-refractivity contribution in [2.45, 2.75) is 18.9 Å². The third-order valence-corrected chi connectivity index (χ3v) is 2.79. The molecule has 96 valence electrons. The van der Waals surface area contributed by atoms with E-state index in [4.69, 9.17) is 5.11 Å². The van der Waals surface area contributed by atoms with Crippen LogP contribution < -0.4 is 5.32 Å². The zero-order chi connectivity index (χ0) is 13.2. The second-order valence-corrected chi connectivity index (χ2v) is 4.43. The Hall–Kier alpha value is -2.50. The van der Waals surface area contributed by atoms with Crippen molar-refractivity contribution in [3.63, 3.8) is 0 Å². The lowest BCUT2D eigenvalue weighted by atomic mass is 10.2. The van der Waals surface area contributed by atoms with Crippen LogP contribution in [0.3, 0.4) is 0 Å². The van der Waals surface area contributed by atoms with Crippen LogP contribution >= 0.6 is 0 Å². The number of anilines is 1. The van der Waals surface area contributed by atoms with E-state index in [1.807, 2.05) is 0 Å². The Morgan fingerprint density at radius 2 is 2.21 bits per heavy atom. The normalized spacial score (nSPS) is 14.1. The van der Waals surface area contributed by atoms with E-state index < -0.39 is 5.97 Å². The molecule has 6 nitrogen and oxygen atoms in total. The molecule has 0 bridgehead atoms. The molecule has 2 aromatic rings. The monoisotopic (exact) mass is 256 g/mol. The Bertz CT molecular complexity index is 611. The van der Waals surface area contributed by atoms with Gasteiger partial charge in [-0.2, -0.15) is 0 Å². The minimum Gasteiger partial charge on any atom is -0.477 e. The molecule has 0 spiro atoms. The summed E-state index contributed by atoms with van der Waals surface area (Å²) in [5, 5.41) is 12.3. The van der Waals surface area contributed by atoms with E-state index in [1.165, 1.54) is 6.07 Å². The van der Waals surface area contributed by atoms with Gasteiger partial charge in [0.05, 0.1) is 0 Å². The van der Waals surface area contributed by atoms with E-state index in [0.717, 1.165) is 12.8 Å². The molecule has 2 aromatic heterocycles. The highest BCUT2D eigenvalue weighted by molar-refractivity contribution is 5.87. The fraction of sp³-hybridized carbons (Fsp3) is 0.231. The average molecular weight is 256 g/mol. The zero-order valence-electron chi connectivity index (χ0n) is 10.1. The SMILES string of the molecule is O=C(O)c1cc(NC2CC2)nc(-c2cccnc2)n1. The molecule has 0 saturated heterocycles. The van der Waals surface area contributed by atoms with Gasteiger partial charge in [0, 0.05) is 30.1 Å². The topological polar surface area (TPSA) is 88.0 Å². The lowest BCUT2D eigenvalue weighted by Crippen LogP contribution is -2.09. The lowest BCUT2D eigenvalue weighted by molar-refractivity contribution is 0.0690. The molecule has 6 heteroatoms. The largest absolute Gasteiger partial charge is 0.477 e. The Morgan fingerprint density at radius 1 is 1.37 bits per heavy atom. The van der Waals surface area contributed by atoms with Crippen molar-refractivity contribution in [1.82, 2.24) is 15.0 Å². The number of nitrogens with one attached hydrogen (secondary N) is 1. The van der Waals surface area contributed by atoms with Crippen molar-refractivity contribution in [2.75, 3.05) is 5.32 Å². The summed E-state index contributed by atoms with van der Waals surface area (Å²) in [5.74, 6) is -0.142. The summed E-state index contributed by atoms with van der Waals surface area (Å²) in [7, 11) is 0. The summed E-state index contributed by atoms with van der Waals surface area (Å²) >= 11 is 0. The van der Waals surface area contributed by atoms with Gasteiger partial charge in [0.15, 0.2) is 11.5 Å². The number of nitrogens with zero attached hydrogens (tertiary/aromatic N) is 3. The first-order chi connectivity index (χ1) is 9.22. The lowest BCUT2D eigenvalue weighted by Gasteiger charge is -2.07. The van der Waals surface area contributed by atoms with Gasteiger partial charge in [-0.05, 0) is 25.0 Å². The van der Waals surface area contributed by atoms with Crippen molar-refractivity contribution in [1.29, 1.82) is 0 Å². The van der Waals surface area contributed by atoms with E-state index in [2.05, 4.69) is 20.3 Å². The Morgan fingerprint density at radius 3 is 2.84 bits per heavy atom. The van der Waals surface area contributed by atoms with Gasteiger partial charge in [0.2, 0.25) is 0 Å². The Labute approximate surface area is 109 Å². The van der Waals surface area contributed by atoms with Crippen LogP contribution in [0.15, 0.2) is 30.6 Å². The first-order valence-corrected chi connectivity index (χ1v) is 6.02. The molecule has 0 amide bonds.